The number of aromatic nitrogens is 1. The van der Waals surface area contributed by atoms with Crippen LogP contribution >= 0.6 is 0 Å². The first kappa shape index (κ1) is 13.6. The summed E-state index contributed by atoms with van der Waals surface area (Å²) < 4.78 is 5.30. The van der Waals surface area contributed by atoms with Gasteiger partial charge in [0.2, 0.25) is 0 Å². The predicted octanol–water partition coefficient (Wildman–Crippen LogP) is 3.94. The standard InChI is InChI=1S/C18H15N3O2/c22-18(21-11-10-13-6-4-5-9-15(13)21)19-17-12-16(23-20-17)14-7-2-1-3-8-14/h1-9,12H,10-11H2,(H,19,20,22). The van der Waals surface area contributed by atoms with Gasteiger partial charge < -0.3 is 4.52 Å². The summed E-state index contributed by atoms with van der Waals surface area (Å²) in [5.41, 5.74) is 3.07. The first-order valence-electron chi connectivity index (χ1n) is 7.50. The van der Waals surface area contributed by atoms with Crippen LogP contribution in [0.25, 0.3) is 11.3 Å². The molecule has 1 aliphatic heterocycles. The number of hydrogen-bond acceptors (Lipinski definition) is 3. The lowest BCUT2D eigenvalue weighted by Gasteiger charge is -2.16. The lowest BCUT2D eigenvalue weighted by molar-refractivity contribution is 0.257. The molecule has 0 bridgehead atoms. The number of urea groups is 1. The maximum Gasteiger partial charge on any atom is 0.327 e. The van der Waals surface area contributed by atoms with Gasteiger partial charge in [0.15, 0.2) is 11.6 Å². The van der Waals surface area contributed by atoms with Crippen molar-refractivity contribution in [3.8, 4) is 11.3 Å². The van der Waals surface area contributed by atoms with Crippen LogP contribution in [0.5, 0.6) is 0 Å². The number of nitrogens with one attached hydrogen (secondary N) is 1. The van der Waals surface area contributed by atoms with Gasteiger partial charge in [-0.2, -0.15) is 0 Å². The smallest absolute Gasteiger partial charge is 0.327 e. The average Bonchev–Trinajstić information content (AvgIpc) is 3.22. The van der Waals surface area contributed by atoms with Crippen molar-refractivity contribution in [2.45, 2.75) is 6.42 Å². The molecule has 2 amide bonds. The van der Waals surface area contributed by atoms with Gasteiger partial charge in [-0.25, -0.2) is 4.79 Å². The van der Waals surface area contributed by atoms with Gasteiger partial charge in [-0.3, -0.25) is 10.2 Å². The summed E-state index contributed by atoms with van der Waals surface area (Å²) in [6, 6.07) is 19.1. The molecule has 1 N–H and O–H groups in total. The minimum absolute atomic E-state index is 0.192. The molecule has 4 rings (SSSR count). The van der Waals surface area contributed by atoms with E-state index >= 15 is 0 Å². The Bertz CT molecular complexity index is 842. The van der Waals surface area contributed by atoms with Crippen molar-refractivity contribution in [3.63, 3.8) is 0 Å². The normalized spacial score (nSPS) is 13.0. The minimum atomic E-state index is -0.192. The number of nitrogens with zero attached hydrogens (tertiary/aromatic N) is 2. The highest BCUT2D eigenvalue weighted by Crippen LogP contribution is 2.28. The Morgan fingerprint density at radius 1 is 1.09 bits per heavy atom. The fourth-order valence-corrected chi connectivity index (χ4v) is 2.80. The van der Waals surface area contributed by atoms with Crippen molar-refractivity contribution < 1.29 is 9.32 Å². The third-order valence-electron chi connectivity index (χ3n) is 3.94. The highest BCUT2D eigenvalue weighted by molar-refractivity contribution is 6.02. The Morgan fingerprint density at radius 3 is 2.74 bits per heavy atom. The first-order chi connectivity index (χ1) is 11.3. The van der Waals surface area contributed by atoms with Gasteiger partial charge in [0.25, 0.3) is 0 Å². The van der Waals surface area contributed by atoms with Crippen LogP contribution in [-0.4, -0.2) is 17.7 Å². The number of fused-ring (bicyclic) bond motifs is 1. The summed E-state index contributed by atoms with van der Waals surface area (Å²) in [5.74, 6) is 1.04. The highest BCUT2D eigenvalue weighted by atomic mass is 16.5. The zero-order valence-electron chi connectivity index (χ0n) is 12.4. The van der Waals surface area contributed by atoms with Gasteiger partial charge >= 0.3 is 6.03 Å². The molecular weight excluding hydrogens is 290 g/mol. The molecule has 114 valence electrons. The Morgan fingerprint density at radius 2 is 1.87 bits per heavy atom. The average molecular weight is 305 g/mol. The van der Waals surface area contributed by atoms with Gasteiger partial charge in [-0.05, 0) is 18.1 Å². The van der Waals surface area contributed by atoms with Crippen LogP contribution < -0.4 is 10.2 Å². The molecule has 0 fully saturated rings. The zero-order valence-corrected chi connectivity index (χ0v) is 12.4. The van der Waals surface area contributed by atoms with Crippen molar-refractivity contribution in [2.75, 3.05) is 16.8 Å². The summed E-state index contributed by atoms with van der Waals surface area (Å²) in [4.78, 5) is 14.2. The van der Waals surface area contributed by atoms with Crippen LogP contribution in [0.15, 0.2) is 65.2 Å². The molecule has 2 aromatic carbocycles. The largest absolute Gasteiger partial charge is 0.354 e. The number of para-hydroxylation sites is 1. The number of anilines is 2. The van der Waals surface area contributed by atoms with Gasteiger partial charge in [0.05, 0.1) is 0 Å². The van der Waals surface area contributed by atoms with Crippen molar-refractivity contribution in [1.29, 1.82) is 0 Å². The molecule has 0 atom stereocenters. The van der Waals surface area contributed by atoms with Gasteiger partial charge in [0.1, 0.15) is 0 Å². The fraction of sp³-hybridized carbons (Fsp3) is 0.111. The summed E-state index contributed by atoms with van der Waals surface area (Å²) in [6.07, 6.45) is 0.873. The number of benzene rings is 2. The Kier molecular flexibility index (Phi) is 3.31. The molecule has 0 radical (unpaired) electrons. The van der Waals surface area contributed by atoms with Crippen LogP contribution in [0.3, 0.4) is 0 Å². The quantitative estimate of drug-likeness (QED) is 0.780. The molecule has 3 aromatic rings. The lowest BCUT2D eigenvalue weighted by atomic mass is 10.2. The molecule has 0 unspecified atom stereocenters. The third-order valence-corrected chi connectivity index (χ3v) is 3.94. The van der Waals surface area contributed by atoms with E-state index in [9.17, 15) is 4.79 Å². The van der Waals surface area contributed by atoms with Crippen LogP contribution in [-0.2, 0) is 6.42 Å². The van der Waals surface area contributed by atoms with E-state index in [0.29, 0.717) is 18.1 Å². The molecule has 1 aromatic heterocycles. The van der Waals surface area contributed by atoms with Crippen molar-refractivity contribution in [1.82, 2.24) is 5.16 Å². The summed E-state index contributed by atoms with van der Waals surface area (Å²) in [6.45, 7) is 0.675. The second kappa shape index (κ2) is 5.61. The van der Waals surface area contributed by atoms with E-state index in [1.807, 2.05) is 54.6 Å². The maximum atomic E-state index is 12.5. The van der Waals surface area contributed by atoms with Crippen LogP contribution in [0.4, 0.5) is 16.3 Å². The SMILES string of the molecule is O=C(Nc1cc(-c2ccccc2)on1)N1CCc2ccccc21. The molecule has 1 aliphatic rings. The maximum absolute atomic E-state index is 12.5. The van der Waals surface area contributed by atoms with Gasteiger partial charge in [-0.1, -0.05) is 53.7 Å². The monoisotopic (exact) mass is 305 g/mol. The number of rotatable bonds is 2. The number of hydrogen-bond donors (Lipinski definition) is 1. The van der Waals surface area contributed by atoms with Crippen molar-refractivity contribution in [3.05, 3.63) is 66.2 Å². The van der Waals surface area contributed by atoms with E-state index in [1.165, 1.54) is 5.56 Å². The van der Waals surface area contributed by atoms with E-state index in [-0.39, 0.29) is 6.03 Å². The van der Waals surface area contributed by atoms with Crippen molar-refractivity contribution >= 4 is 17.5 Å². The second-order valence-electron chi connectivity index (χ2n) is 5.40. The molecule has 0 spiro atoms. The molecule has 2 heterocycles. The van der Waals surface area contributed by atoms with E-state index in [1.54, 1.807) is 11.0 Å². The number of amides is 2. The zero-order chi connectivity index (χ0) is 15.6. The lowest BCUT2D eigenvalue weighted by Crippen LogP contribution is -2.33. The molecule has 0 aliphatic carbocycles. The fourth-order valence-electron chi connectivity index (χ4n) is 2.80. The van der Waals surface area contributed by atoms with Crippen LogP contribution in [0, 0.1) is 0 Å². The number of carbonyl (C=O) groups excluding carboxylic acids is 1. The van der Waals surface area contributed by atoms with Gasteiger partial charge in [0, 0.05) is 23.9 Å². The van der Waals surface area contributed by atoms with Gasteiger partial charge in [-0.15, -0.1) is 0 Å². The highest BCUT2D eigenvalue weighted by Gasteiger charge is 2.24. The first-order valence-corrected chi connectivity index (χ1v) is 7.50. The Balaban J connectivity index is 1.51. The van der Waals surface area contributed by atoms with E-state index in [4.69, 9.17) is 4.52 Å². The minimum Gasteiger partial charge on any atom is -0.354 e. The third kappa shape index (κ3) is 2.57. The molecule has 23 heavy (non-hydrogen) atoms. The second-order valence-corrected chi connectivity index (χ2v) is 5.40. The molecular formula is C18H15N3O2. The molecule has 5 nitrogen and oxygen atoms in total. The number of carbonyl (C=O) groups is 1. The molecule has 0 saturated carbocycles. The summed E-state index contributed by atoms with van der Waals surface area (Å²) in [5, 5.41) is 6.72. The summed E-state index contributed by atoms with van der Waals surface area (Å²) in [7, 11) is 0. The van der Waals surface area contributed by atoms with E-state index < -0.39 is 0 Å². The molecule has 5 heteroatoms. The topological polar surface area (TPSA) is 58.4 Å². The van der Waals surface area contributed by atoms with E-state index in [0.717, 1.165) is 17.7 Å². The Hall–Kier alpha value is -3.08. The summed E-state index contributed by atoms with van der Waals surface area (Å²) >= 11 is 0. The van der Waals surface area contributed by atoms with E-state index in [2.05, 4.69) is 10.5 Å². The molecule has 0 saturated heterocycles. The van der Waals surface area contributed by atoms with Crippen molar-refractivity contribution in [2.24, 2.45) is 0 Å². The predicted molar refractivity (Wildman–Crippen MR) is 88.4 cm³/mol. The Labute approximate surface area is 133 Å². The van der Waals surface area contributed by atoms with Crippen LogP contribution in [0.1, 0.15) is 5.56 Å². The van der Waals surface area contributed by atoms with Crippen LogP contribution in [0.2, 0.25) is 0 Å².